The van der Waals surface area contributed by atoms with Crippen molar-refractivity contribution in [3.8, 4) is 0 Å². The van der Waals surface area contributed by atoms with Crippen molar-refractivity contribution in [2.75, 3.05) is 39.1 Å². The highest BCUT2D eigenvalue weighted by atomic mass is 127. The van der Waals surface area contributed by atoms with Crippen molar-refractivity contribution in [3.63, 3.8) is 0 Å². The first-order valence-electron chi connectivity index (χ1n) is 8.94. The lowest BCUT2D eigenvalue weighted by Gasteiger charge is -2.22. The zero-order valence-corrected chi connectivity index (χ0v) is 18.2. The van der Waals surface area contributed by atoms with Gasteiger partial charge in [0.25, 0.3) is 0 Å². The van der Waals surface area contributed by atoms with Gasteiger partial charge in [-0.2, -0.15) is 0 Å². The molecule has 1 N–H and O–H groups in total. The standard InChI is InChI=1S/C21H28N4.HI/c1-22-21(23-15-17-9-11-20(12-10-17)24(2)3)25-14-13-19(16-25)18-7-5-4-6-8-18;/h4-12,19H,13-16H2,1-3H3,(H,22,23);1H. The topological polar surface area (TPSA) is 30.9 Å². The Kier molecular flexibility index (Phi) is 7.75. The van der Waals surface area contributed by atoms with Crippen molar-refractivity contribution in [1.82, 2.24) is 10.2 Å². The van der Waals surface area contributed by atoms with Gasteiger partial charge in [0, 0.05) is 52.4 Å². The second-order valence-electron chi connectivity index (χ2n) is 6.80. The van der Waals surface area contributed by atoms with Crippen molar-refractivity contribution in [1.29, 1.82) is 0 Å². The van der Waals surface area contributed by atoms with E-state index in [0.717, 1.165) is 25.6 Å². The molecular weight excluding hydrogens is 435 g/mol. The van der Waals surface area contributed by atoms with Gasteiger partial charge in [-0.1, -0.05) is 42.5 Å². The lowest BCUT2D eigenvalue weighted by Crippen LogP contribution is -2.39. The van der Waals surface area contributed by atoms with E-state index in [2.05, 4.69) is 88.8 Å². The number of nitrogens with zero attached hydrogens (tertiary/aromatic N) is 3. The number of hydrogen-bond donors (Lipinski definition) is 1. The van der Waals surface area contributed by atoms with Gasteiger partial charge in [-0.25, -0.2) is 0 Å². The van der Waals surface area contributed by atoms with Gasteiger partial charge < -0.3 is 15.1 Å². The molecule has 1 saturated heterocycles. The van der Waals surface area contributed by atoms with E-state index in [4.69, 9.17) is 0 Å². The summed E-state index contributed by atoms with van der Waals surface area (Å²) >= 11 is 0. The molecule has 1 aliphatic heterocycles. The number of halogens is 1. The Labute approximate surface area is 174 Å². The zero-order valence-electron chi connectivity index (χ0n) is 15.9. The molecule has 1 fully saturated rings. The first-order valence-corrected chi connectivity index (χ1v) is 8.94. The minimum Gasteiger partial charge on any atom is -0.378 e. The molecular formula is C21H29IN4. The fourth-order valence-electron chi connectivity index (χ4n) is 3.38. The van der Waals surface area contributed by atoms with Gasteiger partial charge in [-0.05, 0) is 29.7 Å². The lowest BCUT2D eigenvalue weighted by atomic mass is 9.99. The number of rotatable bonds is 4. The molecule has 26 heavy (non-hydrogen) atoms. The minimum absolute atomic E-state index is 0. The summed E-state index contributed by atoms with van der Waals surface area (Å²) in [4.78, 5) is 8.96. The summed E-state index contributed by atoms with van der Waals surface area (Å²) < 4.78 is 0. The van der Waals surface area contributed by atoms with Crippen LogP contribution in [0.2, 0.25) is 0 Å². The summed E-state index contributed by atoms with van der Waals surface area (Å²) in [7, 11) is 5.99. The van der Waals surface area contributed by atoms with E-state index in [-0.39, 0.29) is 24.0 Å². The highest BCUT2D eigenvalue weighted by molar-refractivity contribution is 14.0. The molecule has 5 heteroatoms. The number of benzene rings is 2. The summed E-state index contributed by atoms with van der Waals surface area (Å²) in [6.07, 6.45) is 1.18. The molecule has 0 aliphatic carbocycles. The molecule has 0 aromatic heterocycles. The normalized spacial score (nSPS) is 17.0. The maximum Gasteiger partial charge on any atom is 0.193 e. The first kappa shape index (κ1) is 20.6. The van der Waals surface area contributed by atoms with Crippen LogP contribution in [0, 0.1) is 0 Å². The van der Waals surface area contributed by atoms with E-state index >= 15 is 0 Å². The molecule has 0 spiro atoms. The van der Waals surface area contributed by atoms with Crippen LogP contribution in [0.3, 0.4) is 0 Å². The third kappa shape index (κ3) is 5.13. The van der Waals surface area contributed by atoms with Crippen LogP contribution >= 0.6 is 24.0 Å². The Morgan fingerprint density at radius 1 is 1.12 bits per heavy atom. The van der Waals surface area contributed by atoms with E-state index in [0.29, 0.717) is 5.92 Å². The van der Waals surface area contributed by atoms with Gasteiger partial charge >= 0.3 is 0 Å². The Morgan fingerprint density at radius 2 is 1.81 bits per heavy atom. The molecule has 0 radical (unpaired) electrons. The molecule has 0 amide bonds. The summed E-state index contributed by atoms with van der Waals surface area (Å²) in [6, 6.07) is 19.5. The molecule has 2 aromatic carbocycles. The molecule has 1 atom stereocenters. The number of guanidine groups is 1. The Morgan fingerprint density at radius 3 is 2.42 bits per heavy atom. The van der Waals surface area contributed by atoms with Gasteiger partial charge in [0.05, 0.1) is 0 Å². The summed E-state index contributed by atoms with van der Waals surface area (Å²) in [5.74, 6) is 1.59. The molecule has 1 unspecified atom stereocenters. The number of hydrogen-bond acceptors (Lipinski definition) is 2. The van der Waals surface area contributed by atoms with Crippen molar-refractivity contribution < 1.29 is 0 Å². The predicted molar refractivity (Wildman–Crippen MR) is 122 cm³/mol. The average molecular weight is 464 g/mol. The first-order chi connectivity index (χ1) is 12.2. The van der Waals surface area contributed by atoms with Crippen LogP contribution in [0.25, 0.3) is 0 Å². The highest BCUT2D eigenvalue weighted by Crippen LogP contribution is 2.26. The van der Waals surface area contributed by atoms with Gasteiger partial charge in [0.15, 0.2) is 5.96 Å². The third-order valence-electron chi connectivity index (χ3n) is 4.87. The van der Waals surface area contributed by atoms with E-state index in [1.807, 2.05) is 7.05 Å². The fraction of sp³-hybridized carbons (Fsp3) is 0.381. The van der Waals surface area contributed by atoms with Crippen LogP contribution in [0.5, 0.6) is 0 Å². The van der Waals surface area contributed by atoms with Crippen molar-refractivity contribution in [3.05, 3.63) is 65.7 Å². The molecule has 1 heterocycles. The van der Waals surface area contributed by atoms with Crippen LogP contribution in [-0.2, 0) is 6.54 Å². The summed E-state index contributed by atoms with van der Waals surface area (Å²) in [5.41, 5.74) is 3.92. The maximum absolute atomic E-state index is 4.48. The van der Waals surface area contributed by atoms with E-state index in [9.17, 15) is 0 Å². The number of aliphatic imine (C=N–C) groups is 1. The summed E-state index contributed by atoms with van der Waals surface area (Å²) in [5, 5.41) is 3.51. The highest BCUT2D eigenvalue weighted by Gasteiger charge is 2.25. The molecule has 0 bridgehead atoms. The second-order valence-corrected chi connectivity index (χ2v) is 6.80. The Hall–Kier alpha value is -1.76. The molecule has 4 nitrogen and oxygen atoms in total. The maximum atomic E-state index is 4.48. The zero-order chi connectivity index (χ0) is 17.6. The van der Waals surface area contributed by atoms with Crippen LogP contribution in [0.4, 0.5) is 5.69 Å². The molecule has 1 aliphatic rings. The van der Waals surface area contributed by atoms with Crippen LogP contribution < -0.4 is 10.2 Å². The summed E-state index contributed by atoms with van der Waals surface area (Å²) in [6.45, 7) is 2.88. The minimum atomic E-state index is 0. The van der Waals surface area contributed by atoms with Gasteiger partial charge in [0.2, 0.25) is 0 Å². The largest absolute Gasteiger partial charge is 0.378 e. The fourth-order valence-corrected chi connectivity index (χ4v) is 3.38. The quantitative estimate of drug-likeness (QED) is 0.423. The monoisotopic (exact) mass is 464 g/mol. The SMILES string of the molecule is CN=C(NCc1ccc(N(C)C)cc1)N1CCC(c2ccccc2)C1.I. The molecule has 0 saturated carbocycles. The van der Waals surface area contributed by atoms with Crippen molar-refractivity contribution >= 4 is 35.6 Å². The van der Waals surface area contributed by atoms with Gasteiger partial charge in [-0.3, -0.25) is 4.99 Å². The molecule has 3 rings (SSSR count). The predicted octanol–water partition coefficient (Wildman–Crippen LogP) is 3.94. The number of anilines is 1. The Balaban J connectivity index is 0.00000243. The number of likely N-dealkylation sites (tertiary alicyclic amines) is 1. The average Bonchev–Trinajstić information content (AvgIpc) is 3.13. The van der Waals surface area contributed by atoms with Crippen molar-refractivity contribution in [2.24, 2.45) is 4.99 Å². The number of nitrogens with one attached hydrogen (secondary N) is 1. The third-order valence-corrected chi connectivity index (χ3v) is 4.87. The van der Waals surface area contributed by atoms with Gasteiger partial charge in [0.1, 0.15) is 0 Å². The van der Waals surface area contributed by atoms with E-state index in [1.165, 1.54) is 23.2 Å². The Bertz CT molecular complexity index is 698. The molecule has 2 aromatic rings. The van der Waals surface area contributed by atoms with Crippen LogP contribution in [0.15, 0.2) is 59.6 Å². The van der Waals surface area contributed by atoms with Crippen LogP contribution in [-0.4, -0.2) is 45.1 Å². The van der Waals surface area contributed by atoms with Gasteiger partial charge in [-0.15, -0.1) is 24.0 Å². The smallest absolute Gasteiger partial charge is 0.193 e. The van der Waals surface area contributed by atoms with E-state index in [1.54, 1.807) is 0 Å². The van der Waals surface area contributed by atoms with Crippen molar-refractivity contribution in [2.45, 2.75) is 18.9 Å². The second kappa shape index (κ2) is 9.80. The van der Waals surface area contributed by atoms with Crippen LogP contribution in [0.1, 0.15) is 23.5 Å². The van der Waals surface area contributed by atoms with E-state index < -0.39 is 0 Å². The molecule has 140 valence electrons. The lowest BCUT2D eigenvalue weighted by molar-refractivity contribution is 0.486.